The third kappa shape index (κ3) is 3.70. The van der Waals surface area contributed by atoms with E-state index in [1.165, 1.54) is 7.11 Å². The zero-order chi connectivity index (χ0) is 18.0. The van der Waals surface area contributed by atoms with Crippen LogP contribution in [0, 0.1) is 0 Å². The van der Waals surface area contributed by atoms with Gasteiger partial charge in [0, 0.05) is 30.4 Å². The molecular formula is C18H19ClN2O4. The summed E-state index contributed by atoms with van der Waals surface area (Å²) in [5.74, 6) is 0.192. The predicted molar refractivity (Wildman–Crippen MR) is 93.7 cm³/mol. The molecule has 0 saturated carbocycles. The Bertz CT molecular complexity index is 779. The molecule has 1 aromatic heterocycles. The smallest absolute Gasteiger partial charge is 0.322 e. The lowest BCUT2D eigenvalue weighted by Crippen LogP contribution is -2.40. The fraction of sp³-hybridized carbons (Fsp3) is 0.333. The molecule has 0 fully saturated rings. The number of benzene rings is 1. The van der Waals surface area contributed by atoms with E-state index in [-0.39, 0.29) is 11.7 Å². The van der Waals surface area contributed by atoms with E-state index in [2.05, 4.69) is 4.98 Å². The van der Waals surface area contributed by atoms with Crippen molar-refractivity contribution in [1.29, 1.82) is 0 Å². The number of hydrogen-bond donors (Lipinski definition) is 1. The lowest BCUT2D eigenvalue weighted by molar-refractivity contribution is -0.146. The summed E-state index contributed by atoms with van der Waals surface area (Å²) in [6.45, 7) is 3.18. The van der Waals surface area contributed by atoms with Crippen LogP contribution >= 0.6 is 11.6 Å². The van der Waals surface area contributed by atoms with Crippen LogP contribution in [0.4, 0.5) is 0 Å². The first-order chi connectivity index (χ1) is 12.0. The molecule has 6 nitrogen and oxygen atoms in total. The number of aromatic hydroxyl groups is 1. The molecule has 2 aromatic rings. The van der Waals surface area contributed by atoms with E-state index in [1.807, 2.05) is 11.0 Å². The van der Waals surface area contributed by atoms with Crippen molar-refractivity contribution in [3.63, 3.8) is 0 Å². The number of phenolic OH excluding ortho intramolecular Hbond substituents is 1. The quantitative estimate of drug-likeness (QED) is 0.846. The van der Waals surface area contributed by atoms with Crippen molar-refractivity contribution in [3.05, 3.63) is 41.0 Å². The number of halogens is 1. The van der Waals surface area contributed by atoms with E-state index in [0.717, 1.165) is 11.1 Å². The minimum atomic E-state index is -0.404. The van der Waals surface area contributed by atoms with Crippen LogP contribution in [0.3, 0.4) is 0 Å². The molecule has 0 radical (unpaired) electrons. The molecule has 7 heteroatoms. The molecule has 0 aliphatic carbocycles. The van der Waals surface area contributed by atoms with E-state index in [0.29, 0.717) is 36.2 Å². The van der Waals surface area contributed by atoms with E-state index >= 15 is 0 Å². The summed E-state index contributed by atoms with van der Waals surface area (Å²) >= 11 is 5.88. The molecule has 3 rings (SSSR count). The maximum Gasteiger partial charge on any atom is 0.322 e. The van der Waals surface area contributed by atoms with Crippen LogP contribution in [-0.2, 0) is 16.1 Å². The molecule has 0 saturated heterocycles. The Morgan fingerprint density at radius 1 is 1.44 bits per heavy atom. The minimum Gasteiger partial charge on any atom is -0.504 e. The Morgan fingerprint density at radius 3 is 2.92 bits per heavy atom. The van der Waals surface area contributed by atoms with Crippen molar-refractivity contribution in [2.24, 2.45) is 0 Å². The van der Waals surface area contributed by atoms with Gasteiger partial charge in [-0.3, -0.25) is 14.7 Å². The maximum absolute atomic E-state index is 11.8. The number of nitrogens with zero attached hydrogens (tertiary/aromatic N) is 2. The van der Waals surface area contributed by atoms with Gasteiger partial charge in [-0.25, -0.2) is 0 Å². The summed E-state index contributed by atoms with van der Waals surface area (Å²) in [7, 11) is 1.37. The number of methoxy groups -OCH3 is 1. The number of aromatic nitrogens is 1. The van der Waals surface area contributed by atoms with Gasteiger partial charge < -0.3 is 14.6 Å². The molecular weight excluding hydrogens is 344 g/mol. The Balaban J connectivity index is 1.96. The van der Waals surface area contributed by atoms with Crippen molar-refractivity contribution >= 4 is 17.6 Å². The van der Waals surface area contributed by atoms with Gasteiger partial charge in [-0.05, 0) is 31.2 Å². The fourth-order valence-corrected chi connectivity index (χ4v) is 2.98. The first kappa shape index (κ1) is 17.5. The summed E-state index contributed by atoms with van der Waals surface area (Å²) in [5, 5.41) is 10.9. The highest BCUT2D eigenvalue weighted by Gasteiger charge is 2.27. The Hall–Kier alpha value is -2.31. The van der Waals surface area contributed by atoms with Gasteiger partial charge in [0.05, 0.1) is 17.8 Å². The number of pyridine rings is 1. The SMILES string of the molecule is COC(=O)[C@@H](C)N1CCOc2c(O)cc(-c3ccc(Cl)cn3)cc2C1. The number of ether oxygens (including phenoxy) is 2. The molecule has 0 spiro atoms. The molecule has 1 aromatic carbocycles. The van der Waals surface area contributed by atoms with Crippen molar-refractivity contribution < 1.29 is 19.4 Å². The molecule has 132 valence electrons. The summed E-state index contributed by atoms with van der Waals surface area (Å²) < 4.78 is 10.5. The molecule has 1 aliphatic heterocycles. The molecule has 0 unspecified atom stereocenters. The maximum atomic E-state index is 11.8. The van der Waals surface area contributed by atoms with Gasteiger partial charge in [0.1, 0.15) is 12.6 Å². The molecule has 0 bridgehead atoms. The van der Waals surface area contributed by atoms with Crippen LogP contribution in [0.25, 0.3) is 11.3 Å². The van der Waals surface area contributed by atoms with E-state index in [4.69, 9.17) is 21.1 Å². The molecule has 0 amide bonds. The highest BCUT2D eigenvalue weighted by Crippen LogP contribution is 2.37. The van der Waals surface area contributed by atoms with Gasteiger partial charge >= 0.3 is 5.97 Å². The molecule has 1 aliphatic rings. The number of rotatable bonds is 3. The van der Waals surface area contributed by atoms with Crippen molar-refractivity contribution in [3.8, 4) is 22.8 Å². The molecule has 1 N–H and O–H groups in total. The number of carbonyl (C=O) groups excluding carboxylic acids is 1. The normalized spacial score (nSPS) is 15.6. The van der Waals surface area contributed by atoms with Crippen LogP contribution in [0.15, 0.2) is 30.5 Å². The summed E-state index contributed by atoms with van der Waals surface area (Å²) in [6.07, 6.45) is 1.56. The number of phenols is 1. The topological polar surface area (TPSA) is 71.9 Å². The van der Waals surface area contributed by atoms with Gasteiger partial charge in [0.2, 0.25) is 0 Å². The minimum absolute atomic E-state index is 0.0526. The monoisotopic (exact) mass is 362 g/mol. The Labute approximate surface area is 151 Å². The summed E-state index contributed by atoms with van der Waals surface area (Å²) in [6, 6.07) is 6.66. The largest absolute Gasteiger partial charge is 0.504 e. The molecule has 2 heterocycles. The van der Waals surface area contributed by atoms with Crippen LogP contribution < -0.4 is 4.74 Å². The van der Waals surface area contributed by atoms with Crippen LogP contribution in [0.1, 0.15) is 12.5 Å². The number of carbonyl (C=O) groups is 1. The van der Waals surface area contributed by atoms with Crippen molar-refractivity contribution in [2.45, 2.75) is 19.5 Å². The summed E-state index contributed by atoms with van der Waals surface area (Å²) in [4.78, 5) is 18.1. The van der Waals surface area contributed by atoms with E-state index in [9.17, 15) is 9.90 Å². The molecule has 1 atom stereocenters. The zero-order valence-electron chi connectivity index (χ0n) is 14.0. The standard InChI is InChI=1S/C18H19ClN2O4/c1-11(18(23)24-2)21-5-6-25-17-13(10-21)7-12(8-16(17)22)15-4-3-14(19)9-20-15/h3-4,7-9,11,22H,5-6,10H2,1-2H3/t11-/m1/s1. The third-order valence-corrected chi connectivity index (χ3v) is 4.48. The first-order valence-electron chi connectivity index (χ1n) is 7.92. The number of hydrogen-bond acceptors (Lipinski definition) is 6. The van der Waals surface area contributed by atoms with Crippen LogP contribution in [-0.4, -0.2) is 47.3 Å². The summed E-state index contributed by atoms with van der Waals surface area (Å²) in [5.41, 5.74) is 2.24. The van der Waals surface area contributed by atoms with Gasteiger partial charge in [-0.1, -0.05) is 11.6 Å². The fourth-order valence-electron chi connectivity index (χ4n) is 2.86. The highest BCUT2D eigenvalue weighted by molar-refractivity contribution is 6.30. The second-order valence-electron chi connectivity index (χ2n) is 5.86. The van der Waals surface area contributed by atoms with E-state index < -0.39 is 6.04 Å². The lowest BCUT2D eigenvalue weighted by atomic mass is 10.0. The Morgan fingerprint density at radius 2 is 2.24 bits per heavy atom. The van der Waals surface area contributed by atoms with Gasteiger partial charge in [-0.15, -0.1) is 0 Å². The lowest BCUT2D eigenvalue weighted by Gasteiger charge is -2.24. The van der Waals surface area contributed by atoms with Crippen LogP contribution in [0.5, 0.6) is 11.5 Å². The highest BCUT2D eigenvalue weighted by atomic mass is 35.5. The second-order valence-corrected chi connectivity index (χ2v) is 6.30. The number of esters is 1. The Kier molecular flexibility index (Phi) is 5.11. The number of fused-ring (bicyclic) bond motifs is 1. The zero-order valence-corrected chi connectivity index (χ0v) is 14.8. The van der Waals surface area contributed by atoms with Gasteiger partial charge in [0.15, 0.2) is 11.5 Å². The van der Waals surface area contributed by atoms with Gasteiger partial charge in [-0.2, -0.15) is 0 Å². The second kappa shape index (κ2) is 7.29. The van der Waals surface area contributed by atoms with Crippen molar-refractivity contribution in [2.75, 3.05) is 20.3 Å². The average Bonchev–Trinajstić information content (AvgIpc) is 2.83. The average molecular weight is 363 g/mol. The first-order valence-corrected chi connectivity index (χ1v) is 8.30. The predicted octanol–water partition coefficient (Wildman–Crippen LogP) is 2.86. The van der Waals surface area contributed by atoms with E-state index in [1.54, 1.807) is 31.3 Å². The van der Waals surface area contributed by atoms with Crippen LogP contribution in [0.2, 0.25) is 5.02 Å². The third-order valence-electron chi connectivity index (χ3n) is 4.26. The van der Waals surface area contributed by atoms with Gasteiger partial charge in [0.25, 0.3) is 0 Å². The molecule has 25 heavy (non-hydrogen) atoms. The van der Waals surface area contributed by atoms with Crippen molar-refractivity contribution in [1.82, 2.24) is 9.88 Å².